The third-order valence-corrected chi connectivity index (χ3v) is 7.47. The largest absolute Gasteiger partial charge is 0.480 e. The minimum absolute atomic E-state index is 0.116. The number of fused-ring (bicyclic) bond motifs is 1. The van der Waals surface area contributed by atoms with Crippen LogP contribution in [0, 0.1) is 23.2 Å². The smallest absolute Gasteiger partial charge is 0.323 e. The van der Waals surface area contributed by atoms with Crippen LogP contribution in [0.4, 0.5) is 0 Å². The fourth-order valence-corrected chi connectivity index (χ4v) is 6.65. The van der Waals surface area contributed by atoms with Crippen molar-refractivity contribution in [2.24, 2.45) is 23.2 Å². The minimum Gasteiger partial charge on any atom is -0.480 e. The molecule has 2 amide bonds. The summed E-state index contributed by atoms with van der Waals surface area (Å²) >= 11 is 0. The lowest BCUT2D eigenvalue weighted by Gasteiger charge is -2.56. The fraction of sp³-hybridized carbons (Fsp3) is 0.565. The van der Waals surface area contributed by atoms with Crippen LogP contribution in [-0.4, -0.2) is 57.5 Å². The first-order valence-corrected chi connectivity index (χ1v) is 11.1. The number of nitrogens with one attached hydrogen (secondary N) is 1. The van der Waals surface area contributed by atoms with E-state index < -0.39 is 18.4 Å². The highest BCUT2D eigenvalue weighted by Gasteiger charge is 2.50. The summed E-state index contributed by atoms with van der Waals surface area (Å²) in [7, 11) is 1.42. The number of carboxylic acids is 1. The highest BCUT2D eigenvalue weighted by molar-refractivity contribution is 6.02. The quantitative estimate of drug-likeness (QED) is 0.741. The molecule has 2 aromatic heterocycles. The Morgan fingerprint density at radius 1 is 1.19 bits per heavy atom. The molecule has 2 heterocycles. The van der Waals surface area contributed by atoms with Crippen LogP contribution >= 0.6 is 0 Å². The summed E-state index contributed by atoms with van der Waals surface area (Å²) in [4.78, 5) is 37.6. The predicted molar refractivity (Wildman–Crippen MR) is 113 cm³/mol. The third kappa shape index (κ3) is 3.68. The van der Waals surface area contributed by atoms with Gasteiger partial charge >= 0.3 is 5.97 Å². The predicted octanol–water partition coefficient (Wildman–Crippen LogP) is 2.44. The maximum atomic E-state index is 13.1. The zero-order valence-corrected chi connectivity index (χ0v) is 17.7. The number of amides is 2. The van der Waals surface area contributed by atoms with Crippen molar-refractivity contribution in [3.63, 3.8) is 0 Å². The molecule has 0 aromatic carbocycles. The van der Waals surface area contributed by atoms with Crippen LogP contribution in [0.25, 0.3) is 5.52 Å². The zero-order chi connectivity index (χ0) is 21.8. The molecular weight excluding hydrogens is 396 g/mol. The molecule has 0 atom stereocenters. The maximum absolute atomic E-state index is 13.1. The number of carbonyl (C=O) groups is 3. The van der Waals surface area contributed by atoms with E-state index in [0.717, 1.165) is 22.7 Å². The second kappa shape index (κ2) is 7.35. The van der Waals surface area contributed by atoms with Gasteiger partial charge in [0, 0.05) is 19.8 Å². The standard InChI is InChI=1S/C23H28N4O4/c1-26(12-20(28)29)22(31)18-8-19-17(3-2-4-27(19)25-18)21(30)24-13-23-9-14-5-15(10-23)7-16(6-14)11-23/h2-4,8,14-16H,5-7,9-13H2,1H3,(H,24,30)(H,28,29). The summed E-state index contributed by atoms with van der Waals surface area (Å²) in [5, 5.41) is 16.3. The minimum atomic E-state index is -1.09. The Labute approximate surface area is 180 Å². The van der Waals surface area contributed by atoms with Gasteiger partial charge in [0.05, 0.1) is 11.1 Å². The summed E-state index contributed by atoms with van der Waals surface area (Å²) in [5.41, 5.74) is 1.37. The molecular formula is C23H28N4O4. The lowest BCUT2D eigenvalue weighted by Crippen LogP contribution is -2.51. The van der Waals surface area contributed by atoms with Crippen LogP contribution in [-0.2, 0) is 4.79 Å². The Bertz CT molecular complexity index is 1020. The van der Waals surface area contributed by atoms with Crippen LogP contribution in [0.1, 0.15) is 59.4 Å². The van der Waals surface area contributed by atoms with Crippen LogP contribution < -0.4 is 5.32 Å². The number of carboxylic acid groups (broad SMARTS) is 1. The normalized spacial score (nSPS) is 28.6. The van der Waals surface area contributed by atoms with Gasteiger partial charge in [-0.25, -0.2) is 4.52 Å². The maximum Gasteiger partial charge on any atom is 0.323 e. The molecule has 8 nitrogen and oxygen atoms in total. The van der Waals surface area contributed by atoms with E-state index >= 15 is 0 Å². The Morgan fingerprint density at radius 2 is 1.84 bits per heavy atom. The fourth-order valence-electron chi connectivity index (χ4n) is 6.65. The molecule has 0 radical (unpaired) electrons. The van der Waals surface area contributed by atoms with Gasteiger partial charge in [-0.2, -0.15) is 5.10 Å². The Kier molecular flexibility index (Phi) is 4.75. The molecule has 4 aliphatic carbocycles. The highest BCUT2D eigenvalue weighted by atomic mass is 16.4. The highest BCUT2D eigenvalue weighted by Crippen LogP contribution is 2.59. The average molecular weight is 425 g/mol. The molecule has 31 heavy (non-hydrogen) atoms. The van der Waals surface area contributed by atoms with Crippen LogP contribution in [0.2, 0.25) is 0 Å². The number of nitrogens with zero attached hydrogens (tertiary/aromatic N) is 3. The molecule has 0 unspecified atom stereocenters. The second-order valence-corrected chi connectivity index (χ2v) is 9.94. The van der Waals surface area contributed by atoms with Crippen molar-refractivity contribution in [3.8, 4) is 0 Å². The van der Waals surface area contributed by atoms with E-state index in [1.807, 2.05) is 0 Å². The number of hydrogen-bond donors (Lipinski definition) is 2. The number of aliphatic carboxylic acids is 1. The first kappa shape index (κ1) is 20.0. The van der Waals surface area contributed by atoms with Gasteiger partial charge in [0.2, 0.25) is 0 Å². The van der Waals surface area contributed by atoms with Crippen LogP contribution in [0.3, 0.4) is 0 Å². The summed E-state index contributed by atoms with van der Waals surface area (Å²) in [6.07, 6.45) is 9.47. The number of hydrogen-bond acceptors (Lipinski definition) is 4. The van der Waals surface area contributed by atoms with E-state index in [4.69, 9.17) is 5.11 Å². The molecule has 4 bridgehead atoms. The van der Waals surface area contributed by atoms with Crippen molar-refractivity contribution in [2.75, 3.05) is 20.1 Å². The molecule has 8 heteroatoms. The third-order valence-electron chi connectivity index (χ3n) is 7.47. The van der Waals surface area contributed by atoms with Gasteiger partial charge in [-0.05, 0) is 79.9 Å². The topological polar surface area (TPSA) is 104 Å². The van der Waals surface area contributed by atoms with Crippen LogP contribution in [0.15, 0.2) is 24.4 Å². The van der Waals surface area contributed by atoms with Crippen LogP contribution in [0.5, 0.6) is 0 Å². The molecule has 2 N–H and O–H groups in total. The molecule has 4 saturated carbocycles. The average Bonchev–Trinajstić information content (AvgIpc) is 3.14. The number of likely N-dealkylation sites (N-methyl/N-ethyl adjacent to an activating group) is 1. The van der Waals surface area contributed by atoms with Gasteiger partial charge < -0.3 is 15.3 Å². The molecule has 4 fully saturated rings. The van der Waals surface area contributed by atoms with Crippen molar-refractivity contribution < 1.29 is 19.5 Å². The SMILES string of the molecule is CN(CC(=O)O)C(=O)c1cc2c(C(=O)NCC34CC5CC(CC(C5)C3)C4)cccn2n1. The van der Waals surface area contributed by atoms with E-state index in [1.165, 1.54) is 50.1 Å². The molecule has 4 aliphatic rings. The number of carbonyl (C=O) groups excluding carboxylic acids is 2. The zero-order valence-electron chi connectivity index (χ0n) is 17.7. The Hall–Kier alpha value is -2.90. The van der Waals surface area contributed by atoms with Gasteiger partial charge in [0.25, 0.3) is 11.8 Å². The van der Waals surface area contributed by atoms with Gasteiger partial charge in [-0.15, -0.1) is 0 Å². The Balaban J connectivity index is 1.33. The monoisotopic (exact) mass is 424 g/mol. The lowest BCUT2D eigenvalue weighted by atomic mass is 9.49. The molecule has 0 aliphatic heterocycles. The molecule has 0 spiro atoms. The van der Waals surface area contributed by atoms with E-state index in [-0.39, 0.29) is 17.0 Å². The van der Waals surface area contributed by atoms with Gasteiger partial charge in [-0.1, -0.05) is 0 Å². The number of pyridine rings is 1. The summed E-state index contributed by atoms with van der Waals surface area (Å²) in [6.45, 7) is 0.294. The van der Waals surface area contributed by atoms with E-state index in [2.05, 4.69) is 10.4 Å². The Morgan fingerprint density at radius 3 is 2.45 bits per heavy atom. The first-order chi connectivity index (χ1) is 14.8. The number of aromatic nitrogens is 2. The van der Waals surface area contributed by atoms with Crippen molar-refractivity contribution in [2.45, 2.75) is 38.5 Å². The molecule has 164 valence electrons. The molecule has 2 aromatic rings. The molecule has 0 saturated heterocycles. The number of rotatable bonds is 6. The van der Waals surface area contributed by atoms with Crippen molar-refractivity contribution in [1.82, 2.24) is 19.8 Å². The van der Waals surface area contributed by atoms with Crippen molar-refractivity contribution >= 4 is 23.3 Å². The second-order valence-electron chi connectivity index (χ2n) is 9.94. The first-order valence-electron chi connectivity index (χ1n) is 11.1. The van der Waals surface area contributed by atoms with E-state index in [1.54, 1.807) is 24.4 Å². The van der Waals surface area contributed by atoms with Gasteiger partial charge in [-0.3, -0.25) is 14.4 Å². The summed E-state index contributed by atoms with van der Waals surface area (Å²) in [5.74, 6) is 0.753. The summed E-state index contributed by atoms with van der Waals surface area (Å²) in [6, 6.07) is 5.02. The van der Waals surface area contributed by atoms with Gasteiger partial charge in [0.15, 0.2) is 5.69 Å². The van der Waals surface area contributed by atoms with Crippen molar-refractivity contribution in [1.29, 1.82) is 0 Å². The molecule has 6 rings (SSSR count). The van der Waals surface area contributed by atoms with Gasteiger partial charge in [0.1, 0.15) is 6.54 Å². The lowest BCUT2D eigenvalue weighted by molar-refractivity contribution is -0.137. The van der Waals surface area contributed by atoms with E-state index in [0.29, 0.717) is 17.6 Å². The van der Waals surface area contributed by atoms with Crippen molar-refractivity contribution in [3.05, 3.63) is 35.7 Å². The summed E-state index contributed by atoms with van der Waals surface area (Å²) < 4.78 is 1.50. The van der Waals surface area contributed by atoms with E-state index in [9.17, 15) is 14.4 Å².